The van der Waals surface area contributed by atoms with Crippen LogP contribution in [0.15, 0.2) is 30.3 Å². The van der Waals surface area contributed by atoms with Crippen LogP contribution in [0.3, 0.4) is 0 Å². The molecule has 1 aliphatic rings. The van der Waals surface area contributed by atoms with Crippen LogP contribution in [-0.2, 0) is 4.79 Å². The van der Waals surface area contributed by atoms with Gasteiger partial charge in [0.05, 0.1) is 6.10 Å². The Morgan fingerprint density at radius 3 is 2.46 bits per heavy atom. The minimum absolute atomic E-state index is 0.119. The molecule has 1 aromatic carbocycles. The predicted octanol–water partition coefficient (Wildman–Crippen LogP) is 2.08. The number of aliphatic hydroxyl groups is 1. The van der Waals surface area contributed by atoms with E-state index in [-0.39, 0.29) is 24.4 Å². The highest BCUT2D eigenvalue weighted by molar-refractivity contribution is 5.64. The first kappa shape index (κ1) is 20.7. The fourth-order valence-electron chi connectivity index (χ4n) is 3.43. The van der Waals surface area contributed by atoms with Crippen LogP contribution in [0.25, 0.3) is 0 Å². The SMILES string of the molecule is CCCCC[C@@H]1[C@H](CC(=O)[O-])CC[C@@H]1O.C[C@@H]([NH3+])c1ccccc1. The lowest BCUT2D eigenvalue weighted by Crippen LogP contribution is -2.51. The van der Waals surface area contributed by atoms with Gasteiger partial charge in [-0.2, -0.15) is 0 Å². The molecule has 136 valence electrons. The number of unbranched alkanes of at least 4 members (excludes halogenated alkanes) is 2. The highest BCUT2D eigenvalue weighted by atomic mass is 16.4. The topological polar surface area (TPSA) is 88.0 Å². The molecule has 1 saturated carbocycles. The smallest absolute Gasteiger partial charge is 0.107 e. The lowest BCUT2D eigenvalue weighted by molar-refractivity contribution is -0.420. The second-order valence-corrected chi connectivity index (χ2v) is 6.95. The van der Waals surface area contributed by atoms with Crippen LogP contribution in [0.1, 0.15) is 70.4 Å². The van der Waals surface area contributed by atoms with Crippen molar-refractivity contribution in [2.75, 3.05) is 0 Å². The van der Waals surface area contributed by atoms with E-state index in [1.54, 1.807) is 0 Å². The first-order valence-corrected chi connectivity index (χ1v) is 9.21. The quantitative estimate of drug-likeness (QED) is 0.748. The van der Waals surface area contributed by atoms with Crippen LogP contribution >= 0.6 is 0 Å². The summed E-state index contributed by atoms with van der Waals surface area (Å²) in [5.41, 5.74) is 5.21. The zero-order valence-electron chi connectivity index (χ0n) is 15.1. The number of hydrogen-bond donors (Lipinski definition) is 2. The average Bonchev–Trinajstić information content (AvgIpc) is 2.89. The summed E-state index contributed by atoms with van der Waals surface area (Å²) >= 11 is 0. The average molecular weight is 335 g/mol. The van der Waals surface area contributed by atoms with E-state index in [2.05, 4.69) is 31.7 Å². The van der Waals surface area contributed by atoms with Crippen molar-refractivity contribution in [3.8, 4) is 0 Å². The Labute approximate surface area is 146 Å². The molecular formula is C20H33NO3. The third-order valence-electron chi connectivity index (χ3n) is 4.87. The van der Waals surface area contributed by atoms with Gasteiger partial charge in [0, 0.05) is 11.5 Å². The van der Waals surface area contributed by atoms with E-state index in [4.69, 9.17) is 0 Å². The van der Waals surface area contributed by atoms with Gasteiger partial charge in [-0.1, -0.05) is 56.5 Å². The van der Waals surface area contributed by atoms with E-state index in [0.717, 1.165) is 32.1 Å². The third kappa shape index (κ3) is 7.45. The van der Waals surface area contributed by atoms with Crippen molar-refractivity contribution in [1.29, 1.82) is 0 Å². The number of hydrogen-bond acceptors (Lipinski definition) is 3. The van der Waals surface area contributed by atoms with Gasteiger partial charge in [-0.15, -0.1) is 0 Å². The maximum Gasteiger partial charge on any atom is 0.107 e. The predicted molar refractivity (Wildman–Crippen MR) is 93.7 cm³/mol. The van der Waals surface area contributed by atoms with Crippen LogP contribution in [0.2, 0.25) is 0 Å². The van der Waals surface area contributed by atoms with Gasteiger partial charge >= 0.3 is 0 Å². The Morgan fingerprint density at radius 1 is 1.29 bits per heavy atom. The van der Waals surface area contributed by atoms with Crippen molar-refractivity contribution >= 4 is 5.97 Å². The molecule has 4 heteroatoms. The lowest BCUT2D eigenvalue weighted by Gasteiger charge is -2.22. The molecule has 1 aromatic rings. The summed E-state index contributed by atoms with van der Waals surface area (Å²) in [6.45, 7) is 4.24. The van der Waals surface area contributed by atoms with Crippen LogP contribution in [-0.4, -0.2) is 17.2 Å². The first-order chi connectivity index (χ1) is 11.5. The zero-order valence-corrected chi connectivity index (χ0v) is 15.1. The van der Waals surface area contributed by atoms with Crippen LogP contribution in [0.4, 0.5) is 0 Å². The van der Waals surface area contributed by atoms with Crippen molar-refractivity contribution in [2.24, 2.45) is 11.8 Å². The van der Waals surface area contributed by atoms with Gasteiger partial charge in [0.25, 0.3) is 0 Å². The van der Waals surface area contributed by atoms with Crippen LogP contribution in [0, 0.1) is 11.8 Å². The maximum atomic E-state index is 10.5. The number of aliphatic hydroxyl groups excluding tert-OH is 1. The number of aliphatic carboxylic acids is 1. The van der Waals surface area contributed by atoms with Crippen molar-refractivity contribution in [2.45, 2.75) is 70.9 Å². The van der Waals surface area contributed by atoms with Crippen molar-refractivity contribution in [3.63, 3.8) is 0 Å². The summed E-state index contributed by atoms with van der Waals surface area (Å²) in [6, 6.07) is 10.7. The largest absolute Gasteiger partial charge is 0.550 e. The molecule has 24 heavy (non-hydrogen) atoms. The van der Waals surface area contributed by atoms with Gasteiger partial charge in [-0.3, -0.25) is 0 Å². The monoisotopic (exact) mass is 335 g/mol. The number of carboxylic acid groups (broad SMARTS) is 1. The zero-order chi connectivity index (χ0) is 17.9. The number of carbonyl (C=O) groups excluding carboxylic acids is 1. The molecule has 4 N–H and O–H groups in total. The second kappa shape index (κ2) is 11.2. The van der Waals surface area contributed by atoms with Gasteiger partial charge in [0.2, 0.25) is 0 Å². The van der Waals surface area contributed by atoms with E-state index in [0.29, 0.717) is 6.04 Å². The molecule has 4 nitrogen and oxygen atoms in total. The molecular weight excluding hydrogens is 302 g/mol. The molecule has 0 amide bonds. The molecule has 0 bridgehead atoms. The summed E-state index contributed by atoms with van der Waals surface area (Å²) in [6.07, 6.45) is 5.82. The summed E-state index contributed by atoms with van der Waals surface area (Å²) in [4.78, 5) is 10.5. The molecule has 1 aliphatic carbocycles. The minimum Gasteiger partial charge on any atom is -0.550 e. The van der Waals surface area contributed by atoms with E-state index < -0.39 is 5.97 Å². The molecule has 0 spiro atoms. The standard InChI is InChI=1S/C12H22O3.C8H11N/c1-2-3-4-5-10-9(8-12(14)15)6-7-11(10)13;1-7(9)8-5-3-2-4-6-8/h9-11,13H,2-8H2,1H3,(H,14,15);2-7H,9H2,1H3/t9-,10+,11-;7-/m01/s1. The van der Waals surface area contributed by atoms with E-state index in [9.17, 15) is 15.0 Å². The highest BCUT2D eigenvalue weighted by Gasteiger charge is 2.33. The van der Waals surface area contributed by atoms with Gasteiger partial charge in [0.15, 0.2) is 0 Å². The second-order valence-electron chi connectivity index (χ2n) is 6.95. The number of rotatable bonds is 7. The number of carbonyl (C=O) groups is 1. The van der Waals surface area contributed by atoms with Crippen molar-refractivity contribution in [1.82, 2.24) is 0 Å². The fourth-order valence-corrected chi connectivity index (χ4v) is 3.43. The normalized spacial score (nSPS) is 24.1. The Hall–Kier alpha value is -1.39. The van der Waals surface area contributed by atoms with Gasteiger partial charge in [-0.25, -0.2) is 0 Å². The maximum absolute atomic E-state index is 10.5. The minimum atomic E-state index is -0.977. The van der Waals surface area contributed by atoms with Crippen LogP contribution in [0.5, 0.6) is 0 Å². The summed E-state index contributed by atoms with van der Waals surface area (Å²) in [7, 11) is 0. The first-order valence-electron chi connectivity index (χ1n) is 9.21. The van der Waals surface area contributed by atoms with Crippen LogP contribution < -0.4 is 10.8 Å². The molecule has 0 aromatic heterocycles. The molecule has 0 heterocycles. The summed E-state index contributed by atoms with van der Waals surface area (Å²) in [5, 5.41) is 20.3. The molecule has 1 fully saturated rings. The summed E-state index contributed by atoms with van der Waals surface area (Å²) in [5.74, 6) is -0.647. The van der Waals surface area contributed by atoms with Gasteiger partial charge in [-0.05, 0) is 44.4 Å². The van der Waals surface area contributed by atoms with Gasteiger partial charge in [0.1, 0.15) is 6.04 Å². The van der Waals surface area contributed by atoms with E-state index >= 15 is 0 Å². The Kier molecular flexibility index (Phi) is 9.65. The van der Waals surface area contributed by atoms with E-state index in [1.807, 2.05) is 18.2 Å². The number of carboxylic acids is 1. The molecule has 0 unspecified atom stereocenters. The molecule has 0 radical (unpaired) electrons. The number of benzene rings is 1. The molecule has 0 saturated heterocycles. The molecule has 0 aliphatic heterocycles. The fraction of sp³-hybridized carbons (Fsp3) is 0.650. The van der Waals surface area contributed by atoms with E-state index in [1.165, 1.54) is 12.0 Å². The highest BCUT2D eigenvalue weighted by Crippen LogP contribution is 2.37. The van der Waals surface area contributed by atoms with Crippen molar-refractivity contribution in [3.05, 3.63) is 35.9 Å². The van der Waals surface area contributed by atoms with Crippen molar-refractivity contribution < 1.29 is 20.7 Å². The van der Waals surface area contributed by atoms with Gasteiger partial charge < -0.3 is 20.7 Å². The molecule has 4 atom stereocenters. The summed E-state index contributed by atoms with van der Waals surface area (Å²) < 4.78 is 0. The molecule has 2 rings (SSSR count). The Bertz CT molecular complexity index is 461. The third-order valence-corrected chi connectivity index (χ3v) is 4.87. The Balaban J connectivity index is 0.000000272. The Morgan fingerprint density at radius 2 is 1.96 bits per heavy atom. The lowest BCUT2D eigenvalue weighted by atomic mass is 9.87. The number of quaternary nitrogens is 1.